The normalized spacial score (nSPS) is 18.6. The summed E-state index contributed by atoms with van der Waals surface area (Å²) in [6.07, 6.45) is 8.32. The Balaban J connectivity index is 1.59. The van der Waals surface area contributed by atoms with Crippen LogP contribution in [-0.2, 0) is 6.42 Å². The van der Waals surface area contributed by atoms with Gasteiger partial charge in [0, 0.05) is 31.6 Å². The third kappa shape index (κ3) is 4.14. The van der Waals surface area contributed by atoms with Gasteiger partial charge in [-0.1, -0.05) is 12.8 Å². The van der Waals surface area contributed by atoms with Crippen LogP contribution in [0.2, 0.25) is 0 Å². The molecule has 1 aliphatic carbocycles. The summed E-state index contributed by atoms with van der Waals surface area (Å²) in [5.74, 6) is 1.07. The molecule has 3 heteroatoms. The highest BCUT2D eigenvalue weighted by Gasteiger charge is 2.18. The highest BCUT2D eigenvalue weighted by Crippen LogP contribution is 2.21. The SMILES string of the molecule is CC(Cc1ccco1)NCCN(C)C1CCCC1. The second kappa shape index (κ2) is 6.95. The maximum atomic E-state index is 5.36. The van der Waals surface area contributed by atoms with E-state index >= 15 is 0 Å². The summed E-state index contributed by atoms with van der Waals surface area (Å²) < 4.78 is 5.36. The van der Waals surface area contributed by atoms with Crippen LogP contribution in [0, 0.1) is 0 Å². The van der Waals surface area contributed by atoms with Gasteiger partial charge in [0.25, 0.3) is 0 Å². The van der Waals surface area contributed by atoms with Crippen LogP contribution in [0.5, 0.6) is 0 Å². The van der Waals surface area contributed by atoms with Crippen molar-refractivity contribution in [3.8, 4) is 0 Å². The fourth-order valence-corrected chi connectivity index (χ4v) is 2.82. The molecule has 0 amide bonds. The number of nitrogens with zero attached hydrogens (tertiary/aromatic N) is 1. The monoisotopic (exact) mass is 250 g/mol. The molecule has 1 atom stereocenters. The van der Waals surface area contributed by atoms with Crippen molar-refractivity contribution < 1.29 is 4.42 Å². The minimum atomic E-state index is 0.480. The van der Waals surface area contributed by atoms with E-state index in [0.717, 1.165) is 31.3 Å². The second-order valence-electron chi connectivity index (χ2n) is 5.56. The number of hydrogen-bond donors (Lipinski definition) is 1. The van der Waals surface area contributed by atoms with Crippen LogP contribution in [0.15, 0.2) is 22.8 Å². The molecule has 0 saturated heterocycles. The molecule has 18 heavy (non-hydrogen) atoms. The van der Waals surface area contributed by atoms with Crippen molar-refractivity contribution in [1.82, 2.24) is 10.2 Å². The first-order valence-corrected chi connectivity index (χ1v) is 7.21. The Hall–Kier alpha value is -0.800. The molecule has 102 valence electrons. The summed E-state index contributed by atoms with van der Waals surface area (Å²) in [6, 6.07) is 5.30. The topological polar surface area (TPSA) is 28.4 Å². The molecule has 1 unspecified atom stereocenters. The molecule has 3 nitrogen and oxygen atoms in total. The zero-order valence-corrected chi connectivity index (χ0v) is 11.7. The lowest BCUT2D eigenvalue weighted by atomic mass is 10.2. The lowest BCUT2D eigenvalue weighted by Gasteiger charge is -2.24. The minimum Gasteiger partial charge on any atom is -0.469 e. The van der Waals surface area contributed by atoms with Gasteiger partial charge in [0.05, 0.1) is 6.26 Å². The van der Waals surface area contributed by atoms with Crippen LogP contribution in [0.3, 0.4) is 0 Å². The lowest BCUT2D eigenvalue weighted by Crippen LogP contribution is -2.38. The van der Waals surface area contributed by atoms with Gasteiger partial charge in [-0.25, -0.2) is 0 Å². The Bertz CT molecular complexity index is 317. The van der Waals surface area contributed by atoms with Crippen LogP contribution >= 0.6 is 0 Å². The number of nitrogens with one attached hydrogen (secondary N) is 1. The molecule has 1 heterocycles. The van der Waals surface area contributed by atoms with Gasteiger partial charge in [0.1, 0.15) is 5.76 Å². The first-order valence-electron chi connectivity index (χ1n) is 7.21. The van der Waals surface area contributed by atoms with Gasteiger partial charge in [0.15, 0.2) is 0 Å². The van der Waals surface area contributed by atoms with Gasteiger partial charge < -0.3 is 14.6 Å². The smallest absolute Gasteiger partial charge is 0.105 e. The van der Waals surface area contributed by atoms with Crippen molar-refractivity contribution in [2.75, 3.05) is 20.1 Å². The average Bonchev–Trinajstić information content (AvgIpc) is 3.00. The molecule has 0 radical (unpaired) electrons. The summed E-state index contributed by atoms with van der Waals surface area (Å²) in [7, 11) is 2.26. The van der Waals surface area contributed by atoms with Crippen molar-refractivity contribution in [3.63, 3.8) is 0 Å². The van der Waals surface area contributed by atoms with Gasteiger partial charge >= 0.3 is 0 Å². The molecule has 1 aromatic heterocycles. The Morgan fingerprint density at radius 2 is 2.22 bits per heavy atom. The standard InChI is InChI=1S/C15H26N2O/c1-13(12-15-8-5-11-18-15)16-9-10-17(2)14-6-3-4-7-14/h5,8,11,13-14,16H,3-4,6-7,9-10,12H2,1-2H3. The highest BCUT2D eigenvalue weighted by molar-refractivity contribution is 4.99. The highest BCUT2D eigenvalue weighted by atomic mass is 16.3. The number of likely N-dealkylation sites (N-methyl/N-ethyl adjacent to an activating group) is 1. The maximum absolute atomic E-state index is 5.36. The summed E-state index contributed by atoms with van der Waals surface area (Å²) in [6.45, 7) is 4.43. The first-order chi connectivity index (χ1) is 8.75. The van der Waals surface area contributed by atoms with E-state index in [9.17, 15) is 0 Å². The Morgan fingerprint density at radius 1 is 1.44 bits per heavy atom. The van der Waals surface area contributed by atoms with E-state index in [1.54, 1.807) is 6.26 Å². The van der Waals surface area contributed by atoms with Crippen LogP contribution < -0.4 is 5.32 Å². The number of rotatable bonds is 7. The Labute approximate surface area is 111 Å². The molecule has 1 fully saturated rings. The molecule has 0 aliphatic heterocycles. The van der Waals surface area contributed by atoms with Crippen LogP contribution in [0.25, 0.3) is 0 Å². The third-order valence-electron chi connectivity index (χ3n) is 3.99. The fourth-order valence-electron chi connectivity index (χ4n) is 2.82. The molecular weight excluding hydrogens is 224 g/mol. The van der Waals surface area contributed by atoms with Crippen LogP contribution in [0.1, 0.15) is 38.4 Å². The van der Waals surface area contributed by atoms with E-state index in [1.165, 1.54) is 25.7 Å². The molecule has 0 bridgehead atoms. The predicted molar refractivity (Wildman–Crippen MR) is 74.8 cm³/mol. The average molecular weight is 250 g/mol. The summed E-state index contributed by atoms with van der Waals surface area (Å²) >= 11 is 0. The van der Waals surface area contributed by atoms with E-state index in [1.807, 2.05) is 12.1 Å². The zero-order valence-electron chi connectivity index (χ0n) is 11.7. The predicted octanol–water partition coefficient (Wildman–Crippen LogP) is 2.67. The van der Waals surface area contributed by atoms with Crippen molar-refractivity contribution in [2.45, 2.75) is 51.1 Å². The van der Waals surface area contributed by atoms with Gasteiger partial charge in [-0.05, 0) is 38.9 Å². The molecule has 1 N–H and O–H groups in total. The van der Waals surface area contributed by atoms with Gasteiger partial charge in [-0.2, -0.15) is 0 Å². The molecule has 1 aromatic rings. The Kier molecular flexibility index (Phi) is 5.26. The molecule has 1 aliphatic rings. The molecule has 0 spiro atoms. The summed E-state index contributed by atoms with van der Waals surface area (Å²) in [4.78, 5) is 2.51. The van der Waals surface area contributed by atoms with E-state index in [2.05, 4.69) is 24.2 Å². The lowest BCUT2D eigenvalue weighted by molar-refractivity contribution is 0.242. The van der Waals surface area contributed by atoms with Crippen LogP contribution in [-0.4, -0.2) is 37.1 Å². The van der Waals surface area contributed by atoms with E-state index < -0.39 is 0 Å². The number of furan rings is 1. The van der Waals surface area contributed by atoms with Crippen molar-refractivity contribution in [2.24, 2.45) is 0 Å². The molecule has 1 saturated carbocycles. The Morgan fingerprint density at radius 3 is 2.89 bits per heavy atom. The third-order valence-corrected chi connectivity index (χ3v) is 3.99. The zero-order chi connectivity index (χ0) is 12.8. The van der Waals surface area contributed by atoms with Crippen molar-refractivity contribution >= 4 is 0 Å². The minimum absolute atomic E-state index is 0.480. The van der Waals surface area contributed by atoms with Gasteiger partial charge in [0.2, 0.25) is 0 Å². The van der Waals surface area contributed by atoms with Gasteiger partial charge in [-0.15, -0.1) is 0 Å². The maximum Gasteiger partial charge on any atom is 0.105 e. The number of hydrogen-bond acceptors (Lipinski definition) is 3. The van der Waals surface area contributed by atoms with Gasteiger partial charge in [-0.3, -0.25) is 0 Å². The molecule has 2 rings (SSSR count). The fraction of sp³-hybridized carbons (Fsp3) is 0.733. The summed E-state index contributed by atoms with van der Waals surface area (Å²) in [5.41, 5.74) is 0. The van der Waals surface area contributed by atoms with E-state index in [-0.39, 0.29) is 0 Å². The largest absolute Gasteiger partial charge is 0.469 e. The quantitative estimate of drug-likeness (QED) is 0.806. The van der Waals surface area contributed by atoms with Crippen molar-refractivity contribution in [1.29, 1.82) is 0 Å². The van der Waals surface area contributed by atoms with Crippen LogP contribution in [0.4, 0.5) is 0 Å². The summed E-state index contributed by atoms with van der Waals surface area (Å²) in [5, 5.41) is 3.57. The second-order valence-corrected chi connectivity index (χ2v) is 5.56. The first kappa shape index (κ1) is 13.6. The molecule has 0 aromatic carbocycles. The molecular formula is C15H26N2O. The van der Waals surface area contributed by atoms with E-state index in [4.69, 9.17) is 4.42 Å². The van der Waals surface area contributed by atoms with E-state index in [0.29, 0.717) is 6.04 Å². The van der Waals surface area contributed by atoms with Crippen molar-refractivity contribution in [3.05, 3.63) is 24.2 Å².